The highest BCUT2D eigenvalue weighted by Gasteiger charge is 2.08. The number of carbonyl (C=O) groups is 1. The van der Waals surface area contributed by atoms with E-state index in [1.54, 1.807) is 31.3 Å². The minimum atomic E-state index is -0.365. The van der Waals surface area contributed by atoms with E-state index in [2.05, 4.69) is 10.3 Å². The molecule has 2 aromatic rings. The van der Waals surface area contributed by atoms with Gasteiger partial charge in [-0.3, -0.25) is 4.98 Å². The molecule has 0 unspecified atom stereocenters. The fourth-order valence-electron chi connectivity index (χ4n) is 1.75. The quantitative estimate of drug-likeness (QED) is 0.645. The number of anilines is 2. The van der Waals surface area contributed by atoms with E-state index in [4.69, 9.17) is 10.5 Å². The third-order valence-electron chi connectivity index (χ3n) is 2.75. The molecule has 0 aliphatic rings. The Morgan fingerprint density at radius 1 is 1.35 bits per heavy atom. The van der Waals surface area contributed by atoms with Crippen LogP contribution in [0.2, 0.25) is 0 Å². The molecule has 1 aromatic heterocycles. The second kappa shape index (κ2) is 6.56. The van der Waals surface area contributed by atoms with Crippen LogP contribution in [0.25, 0.3) is 0 Å². The van der Waals surface area contributed by atoms with Crippen molar-refractivity contribution in [1.82, 2.24) is 4.98 Å². The van der Waals surface area contributed by atoms with Crippen molar-refractivity contribution in [3.63, 3.8) is 0 Å². The Kier molecular flexibility index (Phi) is 4.55. The molecule has 0 saturated carbocycles. The van der Waals surface area contributed by atoms with Crippen molar-refractivity contribution in [2.24, 2.45) is 0 Å². The van der Waals surface area contributed by atoms with E-state index in [1.165, 1.54) is 0 Å². The lowest BCUT2D eigenvalue weighted by Gasteiger charge is -2.10. The first-order valence-corrected chi connectivity index (χ1v) is 6.41. The summed E-state index contributed by atoms with van der Waals surface area (Å²) in [5.74, 6) is -0.365. The van der Waals surface area contributed by atoms with Crippen LogP contribution in [-0.2, 0) is 11.3 Å². The van der Waals surface area contributed by atoms with Gasteiger partial charge >= 0.3 is 5.97 Å². The van der Waals surface area contributed by atoms with Crippen molar-refractivity contribution in [2.45, 2.75) is 13.5 Å². The molecule has 2 rings (SSSR count). The molecule has 0 radical (unpaired) electrons. The summed E-state index contributed by atoms with van der Waals surface area (Å²) in [6.45, 7) is 2.69. The number of hydrogen-bond donors (Lipinski definition) is 2. The first-order chi connectivity index (χ1) is 9.70. The van der Waals surface area contributed by atoms with Gasteiger partial charge in [0.05, 0.1) is 35.8 Å². The van der Waals surface area contributed by atoms with Gasteiger partial charge in [0.25, 0.3) is 0 Å². The zero-order valence-corrected chi connectivity index (χ0v) is 11.3. The Bertz CT molecular complexity index is 585. The molecule has 20 heavy (non-hydrogen) atoms. The van der Waals surface area contributed by atoms with Gasteiger partial charge in [0, 0.05) is 6.20 Å². The summed E-state index contributed by atoms with van der Waals surface area (Å²) >= 11 is 0. The van der Waals surface area contributed by atoms with E-state index in [0.29, 0.717) is 24.4 Å². The fraction of sp³-hybridized carbons (Fsp3) is 0.200. The third kappa shape index (κ3) is 3.47. The fourth-order valence-corrected chi connectivity index (χ4v) is 1.75. The number of pyridine rings is 1. The topological polar surface area (TPSA) is 77.2 Å². The zero-order valence-electron chi connectivity index (χ0n) is 11.3. The van der Waals surface area contributed by atoms with Crippen LogP contribution in [-0.4, -0.2) is 17.6 Å². The van der Waals surface area contributed by atoms with Gasteiger partial charge in [-0.15, -0.1) is 0 Å². The Labute approximate surface area is 117 Å². The van der Waals surface area contributed by atoms with E-state index in [-0.39, 0.29) is 5.97 Å². The van der Waals surface area contributed by atoms with Gasteiger partial charge in [-0.2, -0.15) is 0 Å². The average Bonchev–Trinajstić information content (AvgIpc) is 2.47. The maximum absolute atomic E-state index is 11.6. The lowest BCUT2D eigenvalue weighted by molar-refractivity contribution is 0.0526. The minimum Gasteiger partial charge on any atom is -0.462 e. The standard InChI is InChI=1S/C15H17N3O2/c1-2-20-15(19)11-6-7-14(13(16)9-11)18-10-12-5-3-4-8-17-12/h3-9,18H,2,10,16H2,1H3. The normalized spacial score (nSPS) is 10.1. The van der Waals surface area contributed by atoms with Crippen LogP contribution < -0.4 is 11.1 Å². The summed E-state index contributed by atoms with van der Waals surface area (Å²) in [7, 11) is 0. The Morgan fingerprint density at radius 2 is 2.20 bits per heavy atom. The molecule has 0 atom stereocenters. The van der Waals surface area contributed by atoms with Crippen molar-refractivity contribution < 1.29 is 9.53 Å². The number of hydrogen-bond acceptors (Lipinski definition) is 5. The first kappa shape index (κ1) is 13.9. The highest BCUT2D eigenvalue weighted by Crippen LogP contribution is 2.21. The lowest BCUT2D eigenvalue weighted by atomic mass is 10.1. The monoisotopic (exact) mass is 271 g/mol. The van der Waals surface area contributed by atoms with Gasteiger partial charge in [0.15, 0.2) is 0 Å². The summed E-state index contributed by atoms with van der Waals surface area (Å²) in [4.78, 5) is 15.8. The van der Waals surface area contributed by atoms with Gasteiger partial charge in [0.2, 0.25) is 0 Å². The molecule has 0 aliphatic carbocycles. The van der Waals surface area contributed by atoms with Gasteiger partial charge in [-0.1, -0.05) is 6.07 Å². The maximum atomic E-state index is 11.6. The summed E-state index contributed by atoms with van der Waals surface area (Å²) in [6, 6.07) is 10.8. The van der Waals surface area contributed by atoms with Gasteiger partial charge in [0.1, 0.15) is 0 Å². The molecular formula is C15H17N3O2. The van der Waals surface area contributed by atoms with Gasteiger partial charge in [-0.25, -0.2) is 4.79 Å². The van der Waals surface area contributed by atoms with Gasteiger partial charge in [-0.05, 0) is 37.3 Å². The van der Waals surface area contributed by atoms with Crippen LogP contribution in [0.3, 0.4) is 0 Å². The lowest BCUT2D eigenvalue weighted by Crippen LogP contribution is -2.07. The Morgan fingerprint density at radius 3 is 2.85 bits per heavy atom. The third-order valence-corrected chi connectivity index (χ3v) is 2.75. The molecule has 0 spiro atoms. The highest BCUT2D eigenvalue weighted by molar-refractivity contribution is 5.91. The number of aromatic nitrogens is 1. The van der Waals surface area contributed by atoms with Crippen LogP contribution in [0.4, 0.5) is 11.4 Å². The highest BCUT2D eigenvalue weighted by atomic mass is 16.5. The SMILES string of the molecule is CCOC(=O)c1ccc(NCc2ccccn2)c(N)c1. The average molecular weight is 271 g/mol. The van der Waals surface area contributed by atoms with Crippen LogP contribution in [0.5, 0.6) is 0 Å². The number of nitrogen functional groups attached to an aromatic ring is 1. The first-order valence-electron chi connectivity index (χ1n) is 6.41. The molecule has 1 aromatic carbocycles. The second-order valence-electron chi connectivity index (χ2n) is 4.20. The van der Waals surface area contributed by atoms with Crippen LogP contribution >= 0.6 is 0 Å². The van der Waals surface area contributed by atoms with Crippen molar-refractivity contribution in [3.8, 4) is 0 Å². The number of nitrogens with one attached hydrogen (secondary N) is 1. The number of nitrogens with zero attached hydrogens (tertiary/aromatic N) is 1. The molecule has 5 heteroatoms. The number of ether oxygens (including phenoxy) is 1. The van der Waals surface area contributed by atoms with Crippen molar-refractivity contribution in [1.29, 1.82) is 0 Å². The predicted molar refractivity (Wildman–Crippen MR) is 78.4 cm³/mol. The molecule has 0 aliphatic heterocycles. The van der Waals surface area contributed by atoms with Crippen LogP contribution in [0.1, 0.15) is 23.0 Å². The molecule has 5 nitrogen and oxygen atoms in total. The number of benzene rings is 1. The van der Waals surface area contributed by atoms with Crippen molar-refractivity contribution in [2.75, 3.05) is 17.7 Å². The molecule has 104 valence electrons. The van der Waals surface area contributed by atoms with E-state index in [1.807, 2.05) is 18.2 Å². The molecular weight excluding hydrogens is 254 g/mol. The van der Waals surface area contributed by atoms with E-state index in [9.17, 15) is 4.79 Å². The maximum Gasteiger partial charge on any atom is 0.338 e. The molecule has 0 fully saturated rings. The van der Waals surface area contributed by atoms with Crippen LogP contribution in [0, 0.1) is 0 Å². The zero-order chi connectivity index (χ0) is 14.4. The summed E-state index contributed by atoms with van der Waals surface area (Å²) in [5.41, 5.74) is 8.57. The van der Waals surface area contributed by atoms with E-state index >= 15 is 0 Å². The largest absolute Gasteiger partial charge is 0.462 e. The summed E-state index contributed by atoms with van der Waals surface area (Å²) < 4.78 is 4.93. The van der Waals surface area contributed by atoms with Gasteiger partial charge < -0.3 is 15.8 Å². The van der Waals surface area contributed by atoms with Crippen molar-refractivity contribution in [3.05, 3.63) is 53.9 Å². The number of nitrogens with two attached hydrogens (primary N) is 1. The van der Waals surface area contributed by atoms with E-state index in [0.717, 1.165) is 11.4 Å². The minimum absolute atomic E-state index is 0.346. The predicted octanol–water partition coefficient (Wildman–Crippen LogP) is 2.45. The van der Waals surface area contributed by atoms with E-state index < -0.39 is 0 Å². The molecule has 1 heterocycles. The number of carbonyl (C=O) groups excluding carboxylic acids is 1. The molecule has 0 bridgehead atoms. The van der Waals surface area contributed by atoms with Crippen LogP contribution in [0.15, 0.2) is 42.6 Å². The molecule has 0 amide bonds. The molecule has 0 saturated heterocycles. The smallest absolute Gasteiger partial charge is 0.338 e. The Balaban J connectivity index is 2.04. The summed E-state index contributed by atoms with van der Waals surface area (Å²) in [6.07, 6.45) is 1.74. The number of esters is 1. The molecule has 3 N–H and O–H groups in total. The Hall–Kier alpha value is -2.56. The summed E-state index contributed by atoms with van der Waals surface area (Å²) in [5, 5.41) is 3.19. The van der Waals surface area contributed by atoms with Crippen molar-refractivity contribution >= 4 is 17.3 Å². The second-order valence-corrected chi connectivity index (χ2v) is 4.20. The number of rotatable bonds is 5.